The molecule has 1 aliphatic rings. The number of alkyl halides is 2. The van der Waals surface area contributed by atoms with Gasteiger partial charge in [0.05, 0.1) is 36.0 Å². The van der Waals surface area contributed by atoms with Crippen LogP contribution in [0.4, 0.5) is 14.9 Å². The van der Waals surface area contributed by atoms with Gasteiger partial charge in [0.15, 0.2) is 4.84 Å². The van der Waals surface area contributed by atoms with Crippen molar-refractivity contribution in [2.75, 3.05) is 18.1 Å². The standard InChI is InChI=1S/C18H16Cl2FN7O3/c19-16(20)17(29)23-4-13-7-31-18(30)28(13)12-1-2-15(14(21)3-12)26-5-11(24-10-26)6-27-9-22-8-25-27/h1-3,5,8-10,13,16H,4,6-7H2,(H,23,29)/t13-/m0/s1. The maximum atomic E-state index is 14.9. The minimum absolute atomic E-state index is 0.0326. The molecular formula is C18H16Cl2FN7O3. The van der Waals surface area contributed by atoms with E-state index in [0.717, 1.165) is 0 Å². The van der Waals surface area contributed by atoms with Gasteiger partial charge in [0.1, 0.15) is 25.1 Å². The maximum absolute atomic E-state index is 14.9. The molecule has 0 saturated carbocycles. The van der Waals surface area contributed by atoms with E-state index in [4.69, 9.17) is 27.9 Å². The number of hydrogen-bond donors (Lipinski definition) is 1. The summed E-state index contributed by atoms with van der Waals surface area (Å²) in [5.74, 6) is -1.16. The Kier molecular flexibility index (Phi) is 6.05. The SMILES string of the molecule is O=C(NC[C@H]1COC(=O)N1c1ccc(-n2cnc(Cn3cncn3)c2)c(F)c1)C(Cl)Cl. The number of aromatic nitrogens is 5. The first-order valence-corrected chi connectivity index (χ1v) is 9.96. The third kappa shape index (κ3) is 4.62. The summed E-state index contributed by atoms with van der Waals surface area (Å²) >= 11 is 11.0. The van der Waals surface area contributed by atoms with Crippen molar-refractivity contribution in [1.82, 2.24) is 29.6 Å². The number of imidazole rings is 1. The predicted molar refractivity (Wildman–Crippen MR) is 109 cm³/mol. The minimum atomic E-state index is -1.23. The van der Waals surface area contributed by atoms with E-state index in [2.05, 4.69) is 20.4 Å². The van der Waals surface area contributed by atoms with Crippen molar-refractivity contribution >= 4 is 40.9 Å². The third-order valence-corrected chi connectivity index (χ3v) is 4.98. The number of anilines is 1. The second kappa shape index (κ2) is 8.90. The van der Waals surface area contributed by atoms with E-state index in [1.807, 2.05) is 0 Å². The number of carbonyl (C=O) groups is 2. The molecule has 0 aliphatic carbocycles. The summed E-state index contributed by atoms with van der Waals surface area (Å²) in [5.41, 5.74) is 1.22. The molecule has 3 heterocycles. The first kappa shape index (κ1) is 21.1. The Hall–Kier alpha value is -3.18. The van der Waals surface area contributed by atoms with Crippen molar-refractivity contribution in [3.63, 3.8) is 0 Å². The molecular weight excluding hydrogens is 452 g/mol. The maximum Gasteiger partial charge on any atom is 0.414 e. The summed E-state index contributed by atoms with van der Waals surface area (Å²) in [6.45, 7) is 0.479. The van der Waals surface area contributed by atoms with Crippen molar-refractivity contribution in [2.24, 2.45) is 0 Å². The lowest BCUT2D eigenvalue weighted by atomic mass is 10.2. The zero-order valence-corrected chi connectivity index (χ0v) is 17.4. The molecule has 13 heteroatoms. The smallest absolute Gasteiger partial charge is 0.414 e. The zero-order valence-electron chi connectivity index (χ0n) is 15.9. The summed E-state index contributed by atoms with van der Waals surface area (Å²) in [4.78, 5) is 31.9. The second-order valence-electron chi connectivity index (χ2n) is 6.65. The van der Waals surface area contributed by atoms with E-state index in [1.54, 1.807) is 23.3 Å². The zero-order chi connectivity index (χ0) is 22.0. The molecule has 4 rings (SSSR count). The molecule has 3 aromatic rings. The predicted octanol–water partition coefficient (Wildman–Crippen LogP) is 1.90. The first-order chi connectivity index (χ1) is 14.9. The molecule has 1 aliphatic heterocycles. The molecule has 2 aromatic heterocycles. The largest absolute Gasteiger partial charge is 0.447 e. The van der Waals surface area contributed by atoms with Crippen LogP contribution in [0, 0.1) is 5.82 Å². The van der Waals surface area contributed by atoms with Gasteiger partial charge in [-0.1, -0.05) is 23.2 Å². The van der Waals surface area contributed by atoms with E-state index >= 15 is 0 Å². The third-order valence-electron chi connectivity index (χ3n) is 4.59. The van der Waals surface area contributed by atoms with Crippen molar-refractivity contribution in [3.05, 3.63) is 54.9 Å². The van der Waals surface area contributed by atoms with Gasteiger partial charge in [0, 0.05) is 12.7 Å². The summed E-state index contributed by atoms with van der Waals surface area (Å²) in [6, 6.07) is 3.81. The summed E-state index contributed by atoms with van der Waals surface area (Å²) in [6.07, 6.45) is 5.50. The Bertz CT molecular complexity index is 1090. The van der Waals surface area contributed by atoms with Crippen molar-refractivity contribution in [3.8, 4) is 5.69 Å². The Labute approximate surface area is 185 Å². The fourth-order valence-electron chi connectivity index (χ4n) is 3.14. The van der Waals surface area contributed by atoms with Gasteiger partial charge in [0.25, 0.3) is 5.91 Å². The average molecular weight is 468 g/mol. The van der Waals surface area contributed by atoms with Crippen LogP contribution < -0.4 is 10.2 Å². The second-order valence-corrected chi connectivity index (χ2v) is 7.74. The Morgan fingerprint density at radius 3 is 2.90 bits per heavy atom. The number of carbonyl (C=O) groups excluding carboxylic acids is 2. The number of ether oxygens (including phenoxy) is 1. The van der Waals surface area contributed by atoms with E-state index < -0.39 is 28.7 Å². The lowest BCUT2D eigenvalue weighted by molar-refractivity contribution is -0.119. The van der Waals surface area contributed by atoms with Gasteiger partial charge in [-0.15, -0.1) is 0 Å². The summed E-state index contributed by atoms with van der Waals surface area (Å²) in [7, 11) is 0. The highest BCUT2D eigenvalue weighted by Gasteiger charge is 2.35. The number of cyclic esters (lactones) is 1. The highest BCUT2D eigenvalue weighted by Crippen LogP contribution is 2.26. The first-order valence-electron chi connectivity index (χ1n) is 9.09. The van der Waals surface area contributed by atoms with Gasteiger partial charge in [-0.3, -0.25) is 9.69 Å². The van der Waals surface area contributed by atoms with Crippen LogP contribution in [-0.4, -0.2) is 60.3 Å². The normalized spacial score (nSPS) is 16.1. The van der Waals surface area contributed by atoms with E-state index in [1.165, 1.54) is 34.3 Å². The fraction of sp³-hybridized carbons (Fsp3) is 0.278. The van der Waals surface area contributed by atoms with Gasteiger partial charge in [-0.2, -0.15) is 5.10 Å². The number of hydrogen-bond acceptors (Lipinski definition) is 6. The monoisotopic (exact) mass is 467 g/mol. The quantitative estimate of drug-likeness (QED) is 0.531. The van der Waals surface area contributed by atoms with Crippen LogP contribution in [-0.2, 0) is 16.1 Å². The van der Waals surface area contributed by atoms with E-state index in [0.29, 0.717) is 17.9 Å². The van der Waals surface area contributed by atoms with Gasteiger partial charge < -0.3 is 14.6 Å². The minimum Gasteiger partial charge on any atom is -0.447 e. The number of nitrogens with one attached hydrogen (secondary N) is 1. The molecule has 1 saturated heterocycles. The fourth-order valence-corrected chi connectivity index (χ4v) is 3.29. The Morgan fingerprint density at radius 1 is 1.35 bits per heavy atom. The molecule has 1 aromatic carbocycles. The summed E-state index contributed by atoms with van der Waals surface area (Å²) in [5, 5.41) is 6.53. The Balaban J connectivity index is 1.50. The van der Waals surface area contributed by atoms with Gasteiger partial charge in [0.2, 0.25) is 0 Å². The van der Waals surface area contributed by atoms with Crippen LogP contribution in [0.2, 0.25) is 0 Å². The van der Waals surface area contributed by atoms with Crippen molar-refractivity contribution < 1.29 is 18.7 Å². The molecule has 1 atom stereocenters. The molecule has 1 N–H and O–H groups in total. The van der Waals surface area contributed by atoms with Crippen molar-refractivity contribution in [1.29, 1.82) is 0 Å². The molecule has 2 amide bonds. The molecule has 0 radical (unpaired) electrons. The van der Waals surface area contributed by atoms with Crippen LogP contribution in [0.25, 0.3) is 5.69 Å². The lowest BCUT2D eigenvalue weighted by Gasteiger charge is -2.22. The molecule has 31 heavy (non-hydrogen) atoms. The highest BCUT2D eigenvalue weighted by atomic mass is 35.5. The number of amides is 2. The lowest BCUT2D eigenvalue weighted by Crippen LogP contribution is -2.44. The van der Waals surface area contributed by atoms with Crippen LogP contribution >= 0.6 is 23.2 Å². The number of halogens is 3. The molecule has 0 unspecified atom stereocenters. The van der Waals surface area contributed by atoms with Gasteiger partial charge >= 0.3 is 6.09 Å². The number of rotatable bonds is 7. The van der Waals surface area contributed by atoms with Gasteiger partial charge in [-0.25, -0.2) is 23.8 Å². The topological polar surface area (TPSA) is 107 Å². The molecule has 0 spiro atoms. The molecule has 162 valence electrons. The Morgan fingerprint density at radius 2 is 2.19 bits per heavy atom. The molecule has 0 bridgehead atoms. The number of benzene rings is 1. The molecule has 10 nitrogen and oxygen atoms in total. The molecule has 1 fully saturated rings. The van der Waals surface area contributed by atoms with Crippen molar-refractivity contribution in [2.45, 2.75) is 17.4 Å². The van der Waals surface area contributed by atoms with Crippen LogP contribution in [0.3, 0.4) is 0 Å². The average Bonchev–Trinajstić information content (AvgIpc) is 3.48. The van der Waals surface area contributed by atoms with Crippen LogP contribution in [0.1, 0.15) is 5.69 Å². The van der Waals surface area contributed by atoms with Crippen LogP contribution in [0.5, 0.6) is 0 Å². The van der Waals surface area contributed by atoms with E-state index in [-0.39, 0.29) is 18.8 Å². The van der Waals surface area contributed by atoms with Crippen LogP contribution in [0.15, 0.2) is 43.4 Å². The highest BCUT2D eigenvalue weighted by molar-refractivity contribution is 6.53. The van der Waals surface area contributed by atoms with E-state index in [9.17, 15) is 14.0 Å². The van der Waals surface area contributed by atoms with Gasteiger partial charge in [-0.05, 0) is 18.2 Å². The number of nitrogens with zero attached hydrogens (tertiary/aromatic N) is 6. The summed E-state index contributed by atoms with van der Waals surface area (Å²) < 4.78 is 23.1.